The fourth-order valence-corrected chi connectivity index (χ4v) is 3.45. The van der Waals surface area contributed by atoms with Gasteiger partial charge in [0.1, 0.15) is 5.76 Å². The molecule has 5 nitrogen and oxygen atoms in total. The lowest BCUT2D eigenvalue weighted by molar-refractivity contribution is -0.135. The van der Waals surface area contributed by atoms with Crippen molar-refractivity contribution in [1.82, 2.24) is 9.80 Å². The van der Waals surface area contributed by atoms with Gasteiger partial charge in [-0.05, 0) is 31.5 Å². The first-order chi connectivity index (χ1) is 10.8. The number of furan rings is 1. The Morgan fingerprint density at radius 1 is 1.18 bits per heavy atom. The number of carbonyl (C=O) groups is 1. The van der Waals surface area contributed by atoms with Crippen molar-refractivity contribution in [3.63, 3.8) is 0 Å². The molecule has 1 aromatic rings. The summed E-state index contributed by atoms with van der Waals surface area (Å²) < 4.78 is 10.9. The van der Waals surface area contributed by atoms with Crippen molar-refractivity contribution in [2.75, 3.05) is 39.4 Å². The van der Waals surface area contributed by atoms with Crippen LogP contribution in [0.5, 0.6) is 0 Å². The van der Waals surface area contributed by atoms with Crippen LogP contribution in [0.2, 0.25) is 0 Å². The molecule has 0 saturated carbocycles. The molecule has 3 heterocycles. The Morgan fingerprint density at radius 3 is 2.82 bits per heavy atom. The van der Waals surface area contributed by atoms with Crippen LogP contribution in [-0.4, -0.2) is 55.1 Å². The minimum atomic E-state index is 0.255. The molecule has 0 radical (unpaired) electrons. The van der Waals surface area contributed by atoms with E-state index in [2.05, 4.69) is 11.0 Å². The first-order valence-corrected chi connectivity index (χ1v) is 8.47. The average Bonchev–Trinajstić information content (AvgIpc) is 2.99. The largest absolute Gasteiger partial charge is 0.468 e. The molecule has 0 unspecified atom stereocenters. The highest BCUT2D eigenvalue weighted by Crippen LogP contribution is 2.30. The maximum absolute atomic E-state index is 12.3. The van der Waals surface area contributed by atoms with E-state index in [0.29, 0.717) is 25.7 Å². The van der Waals surface area contributed by atoms with Crippen LogP contribution in [0.3, 0.4) is 0 Å². The summed E-state index contributed by atoms with van der Waals surface area (Å²) in [5.41, 5.74) is 0. The van der Waals surface area contributed by atoms with Gasteiger partial charge in [0.05, 0.1) is 25.5 Å². The molecule has 122 valence electrons. The van der Waals surface area contributed by atoms with Gasteiger partial charge in [-0.2, -0.15) is 0 Å². The van der Waals surface area contributed by atoms with Crippen molar-refractivity contribution in [3.05, 3.63) is 24.2 Å². The monoisotopic (exact) mass is 306 g/mol. The topological polar surface area (TPSA) is 45.9 Å². The zero-order valence-corrected chi connectivity index (χ0v) is 13.2. The van der Waals surface area contributed by atoms with Crippen LogP contribution in [0, 0.1) is 0 Å². The van der Waals surface area contributed by atoms with Gasteiger partial charge in [0, 0.05) is 26.1 Å². The molecular formula is C17H26N2O3. The van der Waals surface area contributed by atoms with Crippen molar-refractivity contribution < 1.29 is 13.9 Å². The van der Waals surface area contributed by atoms with Crippen LogP contribution in [0.15, 0.2) is 22.8 Å². The minimum absolute atomic E-state index is 0.255. The molecule has 0 aromatic carbocycles. The first-order valence-electron chi connectivity index (χ1n) is 8.47. The normalized spacial score (nSPS) is 24.2. The molecular weight excluding hydrogens is 280 g/mol. The van der Waals surface area contributed by atoms with Gasteiger partial charge in [-0.1, -0.05) is 12.8 Å². The van der Waals surface area contributed by atoms with Gasteiger partial charge in [-0.25, -0.2) is 0 Å². The molecule has 22 heavy (non-hydrogen) atoms. The second kappa shape index (κ2) is 7.79. The Kier molecular flexibility index (Phi) is 5.51. The molecule has 0 spiro atoms. The number of carbonyl (C=O) groups excluding carboxylic acids is 1. The fourth-order valence-electron chi connectivity index (χ4n) is 3.45. The molecule has 2 aliphatic heterocycles. The third kappa shape index (κ3) is 3.90. The molecule has 0 bridgehead atoms. The van der Waals surface area contributed by atoms with Crippen LogP contribution in [0.4, 0.5) is 0 Å². The Balaban J connectivity index is 1.57. The van der Waals surface area contributed by atoms with Crippen LogP contribution in [-0.2, 0) is 9.53 Å². The highest BCUT2D eigenvalue weighted by Gasteiger charge is 2.26. The number of nitrogens with zero attached hydrogens (tertiary/aromatic N) is 2. The van der Waals surface area contributed by atoms with Gasteiger partial charge in [-0.15, -0.1) is 0 Å². The maximum atomic E-state index is 12.3. The van der Waals surface area contributed by atoms with E-state index in [1.165, 1.54) is 19.3 Å². The quantitative estimate of drug-likeness (QED) is 0.857. The molecule has 3 rings (SSSR count). The lowest BCUT2D eigenvalue weighted by Crippen LogP contribution is -2.42. The summed E-state index contributed by atoms with van der Waals surface area (Å²) in [6, 6.07) is 4.35. The van der Waals surface area contributed by atoms with Gasteiger partial charge in [0.25, 0.3) is 0 Å². The lowest BCUT2D eigenvalue weighted by atomic mass is 10.1. The molecule has 5 heteroatoms. The van der Waals surface area contributed by atoms with Crippen molar-refractivity contribution in [1.29, 1.82) is 0 Å². The van der Waals surface area contributed by atoms with Crippen molar-refractivity contribution in [2.45, 2.75) is 38.1 Å². The molecule has 2 aliphatic rings. The molecule has 2 fully saturated rings. The zero-order valence-electron chi connectivity index (χ0n) is 13.2. The van der Waals surface area contributed by atoms with Crippen LogP contribution in [0.1, 0.15) is 43.9 Å². The van der Waals surface area contributed by atoms with Gasteiger partial charge < -0.3 is 14.1 Å². The van der Waals surface area contributed by atoms with E-state index in [1.807, 2.05) is 11.0 Å². The molecule has 1 aromatic heterocycles. The lowest BCUT2D eigenvalue weighted by Gasteiger charge is -2.30. The summed E-state index contributed by atoms with van der Waals surface area (Å²) in [6.07, 6.45) is 7.18. The van der Waals surface area contributed by atoms with E-state index in [-0.39, 0.29) is 5.91 Å². The van der Waals surface area contributed by atoms with Crippen LogP contribution < -0.4 is 0 Å². The van der Waals surface area contributed by atoms with E-state index in [4.69, 9.17) is 9.15 Å². The smallest absolute Gasteiger partial charge is 0.224 e. The number of hydrogen-bond acceptors (Lipinski definition) is 4. The molecule has 0 N–H and O–H groups in total. The predicted molar refractivity (Wildman–Crippen MR) is 83.5 cm³/mol. The standard InChI is InChI=1S/C17H26N2O3/c20-17(19-10-13-21-14-11-19)7-9-18-8-3-1-2-5-15(18)16-6-4-12-22-16/h4,6,12,15H,1-3,5,7-11,13-14H2/t15-/m0/s1. The third-order valence-electron chi connectivity index (χ3n) is 4.71. The van der Waals surface area contributed by atoms with Gasteiger partial charge in [0.15, 0.2) is 0 Å². The summed E-state index contributed by atoms with van der Waals surface area (Å²) in [7, 11) is 0. The Bertz CT molecular complexity index is 454. The van der Waals surface area contributed by atoms with Crippen LogP contribution in [0.25, 0.3) is 0 Å². The Morgan fingerprint density at radius 2 is 2.05 bits per heavy atom. The SMILES string of the molecule is O=C(CCN1CCCCC[C@H]1c1ccco1)N1CCOCC1. The third-order valence-corrected chi connectivity index (χ3v) is 4.71. The van der Waals surface area contributed by atoms with E-state index in [1.54, 1.807) is 6.26 Å². The second-order valence-corrected chi connectivity index (χ2v) is 6.16. The summed E-state index contributed by atoms with van der Waals surface area (Å²) in [5, 5.41) is 0. The molecule has 2 saturated heterocycles. The van der Waals surface area contributed by atoms with Gasteiger partial charge >= 0.3 is 0 Å². The Labute approximate surface area is 132 Å². The second-order valence-electron chi connectivity index (χ2n) is 6.16. The number of hydrogen-bond donors (Lipinski definition) is 0. The predicted octanol–water partition coefficient (Wildman–Crippen LogP) is 2.45. The van der Waals surface area contributed by atoms with Gasteiger partial charge in [-0.3, -0.25) is 9.69 Å². The van der Waals surface area contributed by atoms with Crippen molar-refractivity contribution >= 4 is 5.91 Å². The maximum Gasteiger partial charge on any atom is 0.224 e. The first kappa shape index (κ1) is 15.6. The number of amides is 1. The molecule has 1 atom stereocenters. The van der Waals surface area contributed by atoms with E-state index >= 15 is 0 Å². The van der Waals surface area contributed by atoms with E-state index in [9.17, 15) is 4.79 Å². The minimum Gasteiger partial charge on any atom is -0.468 e. The number of morpholine rings is 1. The highest BCUT2D eigenvalue weighted by molar-refractivity contribution is 5.76. The van der Waals surface area contributed by atoms with Crippen molar-refractivity contribution in [2.24, 2.45) is 0 Å². The average molecular weight is 306 g/mol. The zero-order chi connectivity index (χ0) is 15.2. The summed E-state index contributed by atoms with van der Waals surface area (Å²) >= 11 is 0. The molecule has 0 aliphatic carbocycles. The Hall–Kier alpha value is -1.33. The summed E-state index contributed by atoms with van der Waals surface area (Å²) in [5.74, 6) is 1.30. The summed E-state index contributed by atoms with van der Waals surface area (Å²) in [4.78, 5) is 16.7. The fraction of sp³-hybridized carbons (Fsp3) is 0.706. The van der Waals surface area contributed by atoms with Crippen molar-refractivity contribution in [3.8, 4) is 0 Å². The summed E-state index contributed by atoms with van der Waals surface area (Å²) in [6.45, 7) is 4.69. The highest BCUT2D eigenvalue weighted by atomic mass is 16.5. The van der Waals surface area contributed by atoms with E-state index in [0.717, 1.165) is 38.4 Å². The molecule has 1 amide bonds. The van der Waals surface area contributed by atoms with Gasteiger partial charge in [0.2, 0.25) is 5.91 Å². The van der Waals surface area contributed by atoms with Crippen LogP contribution >= 0.6 is 0 Å². The van der Waals surface area contributed by atoms with E-state index < -0.39 is 0 Å². The number of likely N-dealkylation sites (tertiary alicyclic amines) is 1. The number of ether oxygens (including phenoxy) is 1. The number of rotatable bonds is 4.